The second-order valence-electron chi connectivity index (χ2n) is 5.14. The van der Waals surface area contributed by atoms with Crippen molar-refractivity contribution in [1.82, 2.24) is 14.9 Å². The zero-order valence-corrected chi connectivity index (χ0v) is 12.5. The number of hydrogen-bond acceptors (Lipinski definition) is 7. The van der Waals surface area contributed by atoms with Gasteiger partial charge >= 0.3 is 0 Å². The monoisotopic (exact) mass is 280 g/mol. The second kappa shape index (κ2) is 6.71. The molecule has 0 unspecified atom stereocenters. The van der Waals surface area contributed by atoms with Gasteiger partial charge in [-0.1, -0.05) is 0 Å². The normalized spacial score (nSPS) is 16.4. The molecule has 0 bridgehead atoms. The number of nitrogens with zero attached hydrogens (tertiary/aromatic N) is 5. The molecule has 0 aromatic carbocycles. The molecular weight excluding hydrogens is 256 g/mol. The fourth-order valence-corrected chi connectivity index (χ4v) is 2.29. The third-order valence-electron chi connectivity index (χ3n) is 3.64. The molecule has 7 nitrogen and oxygen atoms in total. The van der Waals surface area contributed by atoms with Crippen LogP contribution >= 0.6 is 0 Å². The average Bonchev–Trinajstić information content (AvgIpc) is 2.46. The van der Waals surface area contributed by atoms with Gasteiger partial charge in [-0.05, 0) is 7.05 Å². The summed E-state index contributed by atoms with van der Waals surface area (Å²) in [5.74, 6) is 1.61. The molecular formula is C13H24N6O. The molecule has 1 aliphatic heterocycles. The van der Waals surface area contributed by atoms with E-state index in [2.05, 4.69) is 26.8 Å². The molecule has 0 spiro atoms. The van der Waals surface area contributed by atoms with Crippen LogP contribution in [-0.4, -0.2) is 75.4 Å². The largest absolute Gasteiger partial charge is 0.393 e. The highest BCUT2D eigenvalue weighted by Gasteiger charge is 2.20. The lowest BCUT2D eigenvalue weighted by atomic mass is 10.3. The van der Waals surface area contributed by atoms with E-state index in [-0.39, 0.29) is 0 Å². The van der Waals surface area contributed by atoms with Crippen LogP contribution in [0.5, 0.6) is 0 Å². The van der Waals surface area contributed by atoms with E-state index in [4.69, 9.17) is 10.5 Å². The van der Waals surface area contributed by atoms with Crippen LogP contribution in [0, 0.1) is 0 Å². The fraction of sp³-hybridized carbons (Fsp3) is 0.692. The fourth-order valence-electron chi connectivity index (χ4n) is 2.29. The van der Waals surface area contributed by atoms with E-state index >= 15 is 0 Å². The maximum absolute atomic E-state index is 6.26. The number of likely N-dealkylation sites (N-methyl/N-ethyl adjacent to an activating group) is 2. The lowest BCUT2D eigenvalue weighted by Crippen LogP contribution is -2.45. The van der Waals surface area contributed by atoms with Gasteiger partial charge in [0, 0.05) is 46.9 Å². The molecule has 0 saturated carbocycles. The lowest BCUT2D eigenvalue weighted by Gasteiger charge is -2.34. The van der Waals surface area contributed by atoms with Gasteiger partial charge in [-0.3, -0.25) is 0 Å². The molecule has 0 atom stereocenters. The van der Waals surface area contributed by atoms with Crippen molar-refractivity contribution in [2.45, 2.75) is 0 Å². The van der Waals surface area contributed by atoms with Crippen molar-refractivity contribution in [2.24, 2.45) is 0 Å². The molecule has 1 aromatic heterocycles. The summed E-state index contributed by atoms with van der Waals surface area (Å²) in [7, 11) is 5.78. The van der Waals surface area contributed by atoms with E-state index in [1.807, 2.05) is 11.9 Å². The quantitative estimate of drug-likeness (QED) is 0.807. The van der Waals surface area contributed by atoms with Gasteiger partial charge in [0.15, 0.2) is 11.6 Å². The Kier molecular flexibility index (Phi) is 4.97. The van der Waals surface area contributed by atoms with E-state index in [1.54, 1.807) is 13.4 Å². The molecule has 0 radical (unpaired) electrons. The highest BCUT2D eigenvalue weighted by atomic mass is 16.5. The molecule has 1 aromatic rings. The number of rotatable bonds is 5. The number of ether oxygens (including phenoxy) is 1. The second-order valence-corrected chi connectivity index (χ2v) is 5.14. The van der Waals surface area contributed by atoms with Gasteiger partial charge in [0.05, 0.1) is 6.61 Å². The van der Waals surface area contributed by atoms with Crippen LogP contribution < -0.4 is 15.5 Å². The van der Waals surface area contributed by atoms with Gasteiger partial charge in [-0.25, -0.2) is 9.97 Å². The van der Waals surface area contributed by atoms with E-state index in [1.165, 1.54) is 0 Å². The van der Waals surface area contributed by atoms with E-state index < -0.39 is 0 Å². The number of piperazine rings is 1. The number of nitrogens with two attached hydrogens (primary N) is 1. The Balaban J connectivity index is 2.14. The maximum Gasteiger partial charge on any atom is 0.157 e. The van der Waals surface area contributed by atoms with Crippen LogP contribution in [0.1, 0.15) is 0 Å². The van der Waals surface area contributed by atoms with Crippen molar-refractivity contribution in [3.8, 4) is 0 Å². The third kappa shape index (κ3) is 3.29. The maximum atomic E-state index is 6.26. The third-order valence-corrected chi connectivity index (χ3v) is 3.64. The van der Waals surface area contributed by atoms with Crippen molar-refractivity contribution in [1.29, 1.82) is 0 Å². The van der Waals surface area contributed by atoms with Crippen LogP contribution in [0.25, 0.3) is 0 Å². The molecule has 2 N–H and O–H groups in total. The molecule has 1 aliphatic rings. The summed E-state index contributed by atoms with van der Waals surface area (Å²) in [5, 5.41) is 0. The SMILES string of the molecule is COCCN(C)c1ncnc(N2CCN(C)CC2)c1N. The highest BCUT2D eigenvalue weighted by molar-refractivity contribution is 5.75. The highest BCUT2D eigenvalue weighted by Crippen LogP contribution is 2.28. The Labute approximate surface area is 120 Å². The number of anilines is 3. The average molecular weight is 280 g/mol. The first-order valence-electron chi connectivity index (χ1n) is 6.87. The van der Waals surface area contributed by atoms with Crippen LogP contribution in [0.4, 0.5) is 17.3 Å². The zero-order valence-electron chi connectivity index (χ0n) is 12.5. The van der Waals surface area contributed by atoms with Gasteiger partial charge < -0.3 is 25.2 Å². The molecule has 0 aliphatic carbocycles. The Morgan fingerprint density at radius 1 is 1.30 bits per heavy atom. The van der Waals surface area contributed by atoms with Crippen molar-refractivity contribution in [2.75, 3.05) is 76.1 Å². The Hall–Kier alpha value is -1.60. The summed E-state index contributed by atoms with van der Waals surface area (Å²) >= 11 is 0. The number of nitrogen functional groups attached to an aromatic ring is 1. The van der Waals surface area contributed by atoms with E-state index in [9.17, 15) is 0 Å². The first kappa shape index (κ1) is 14.8. The summed E-state index contributed by atoms with van der Waals surface area (Å²) in [6.45, 7) is 5.33. The number of hydrogen-bond donors (Lipinski definition) is 1. The zero-order chi connectivity index (χ0) is 14.5. The molecule has 7 heteroatoms. The van der Waals surface area contributed by atoms with Gasteiger partial charge in [0.2, 0.25) is 0 Å². The van der Waals surface area contributed by atoms with Crippen molar-refractivity contribution < 1.29 is 4.74 Å². The minimum Gasteiger partial charge on any atom is -0.393 e. The predicted octanol–water partition coefficient (Wildman–Crippen LogP) is -0.107. The molecule has 112 valence electrons. The summed E-state index contributed by atoms with van der Waals surface area (Å²) in [6.07, 6.45) is 1.59. The molecule has 2 heterocycles. The van der Waals surface area contributed by atoms with Crippen molar-refractivity contribution in [3.63, 3.8) is 0 Å². The first-order chi connectivity index (χ1) is 9.63. The predicted molar refractivity (Wildman–Crippen MR) is 81.3 cm³/mol. The Bertz CT molecular complexity index is 433. The standard InChI is InChI=1S/C13H24N6O/c1-17-4-6-19(7-5-17)13-11(14)12(15-10-16-13)18(2)8-9-20-3/h10H,4-9,14H2,1-3H3. The molecule has 0 amide bonds. The molecule has 1 fully saturated rings. The molecule has 2 rings (SSSR count). The van der Waals surface area contributed by atoms with Gasteiger partial charge in [0.1, 0.15) is 12.0 Å². The molecule has 1 saturated heterocycles. The Morgan fingerprint density at radius 2 is 2.00 bits per heavy atom. The van der Waals surface area contributed by atoms with Crippen molar-refractivity contribution >= 4 is 17.3 Å². The minimum absolute atomic E-state index is 0.643. The van der Waals surface area contributed by atoms with Crippen LogP contribution in [0.15, 0.2) is 6.33 Å². The van der Waals surface area contributed by atoms with Crippen molar-refractivity contribution in [3.05, 3.63) is 6.33 Å². The number of methoxy groups -OCH3 is 1. The van der Waals surface area contributed by atoms with E-state index in [0.717, 1.165) is 44.4 Å². The van der Waals surface area contributed by atoms with Gasteiger partial charge in [-0.2, -0.15) is 0 Å². The topological polar surface area (TPSA) is 70.8 Å². The summed E-state index contributed by atoms with van der Waals surface area (Å²) < 4.78 is 5.09. The number of aromatic nitrogens is 2. The van der Waals surface area contributed by atoms with Crippen LogP contribution in [0.2, 0.25) is 0 Å². The van der Waals surface area contributed by atoms with Crippen LogP contribution in [-0.2, 0) is 4.74 Å². The van der Waals surface area contributed by atoms with Crippen LogP contribution in [0.3, 0.4) is 0 Å². The summed E-state index contributed by atoms with van der Waals surface area (Å²) in [5.41, 5.74) is 6.91. The Morgan fingerprint density at radius 3 is 2.65 bits per heavy atom. The summed E-state index contributed by atoms with van der Waals surface area (Å²) in [4.78, 5) is 15.2. The van der Waals surface area contributed by atoms with Gasteiger partial charge in [0.25, 0.3) is 0 Å². The minimum atomic E-state index is 0.643. The lowest BCUT2D eigenvalue weighted by molar-refractivity contribution is 0.206. The van der Waals surface area contributed by atoms with E-state index in [0.29, 0.717) is 12.3 Å². The van der Waals surface area contributed by atoms with Gasteiger partial charge in [-0.15, -0.1) is 0 Å². The molecule has 20 heavy (non-hydrogen) atoms. The first-order valence-corrected chi connectivity index (χ1v) is 6.87. The summed E-state index contributed by atoms with van der Waals surface area (Å²) in [6, 6.07) is 0. The smallest absolute Gasteiger partial charge is 0.157 e.